The zero-order chi connectivity index (χ0) is 13.3. The molecule has 0 aromatic heterocycles. The van der Waals surface area contributed by atoms with E-state index in [1.54, 1.807) is 26.4 Å². The van der Waals surface area contributed by atoms with Gasteiger partial charge in [0, 0.05) is 29.7 Å². The SMILES string of the molecule is COCc1ccc(OC)c(C2(C(C)N)CC2)c1F. The van der Waals surface area contributed by atoms with Gasteiger partial charge < -0.3 is 15.2 Å². The fourth-order valence-electron chi connectivity index (χ4n) is 2.57. The molecule has 0 radical (unpaired) electrons. The minimum absolute atomic E-state index is 0.0845. The normalized spacial score (nSPS) is 18.5. The molecular formula is C14H20FNO2. The summed E-state index contributed by atoms with van der Waals surface area (Å²) in [4.78, 5) is 0. The molecule has 0 aliphatic heterocycles. The molecule has 0 saturated heterocycles. The van der Waals surface area contributed by atoms with Crippen LogP contribution in [0.3, 0.4) is 0 Å². The molecule has 1 aromatic carbocycles. The first kappa shape index (κ1) is 13.3. The van der Waals surface area contributed by atoms with Crippen LogP contribution < -0.4 is 10.5 Å². The summed E-state index contributed by atoms with van der Waals surface area (Å²) >= 11 is 0. The summed E-state index contributed by atoms with van der Waals surface area (Å²) in [5.41, 5.74) is 6.94. The van der Waals surface area contributed by atoms with Gasteiger partial charge in [-0.05, 0) is 25.8 Å². The molecule has 18 heavy (non-hydrogen) atoms. The summed E-state index contributed by atoms with van der Waals surface area (Å²) in [5.74, 6) is 0.355. The van der Waals surface area contributed by atoms with Crippen molar-refractivity contribution < 1.29 is 13.9 Å². The zero-order valence-corrected chi connectivity index (χ0v) is 11.1. The van der Waals surface area contributed by atoms with Crippen molar-refractivity contribution in [3.05, 3.63) is 29.1 Å². The standard InChI is InChI=1S/C14H20FNO2/c1-9(16)14(6-7-14)12-11(18-3)5-4-10(8-17-2)13(12)15/h4-5,9H,6-8,16H2,1-3H3. The minimum atomic E-state index is -0.265. The van der Waals surface area contributed by atoms with Gasteiger partial charge in [-0.1, -0.05) is 6.07 Å². The van der Waals surface area contributed by atoms with Gasteiger partial charge in [0.2, 0.25) is 0 Å². The van der Waals surface area contributed by atoms with Crippen molar-refractivity contribution in [3.63, 3.8) is 0 Å². The molecule has 1 unspecified atom stereocenters. The van der Waals surface area contributed by atoms with Crippen LogP contribution in [-0.2, 0) is 16.8 Å². The van der Waals surface area contributed by atoms with Gasteiger partial charge in [0.25, 0.3) is 0 Å². The Morgan fingerprint density at radius 2 is 2.06 bits per heavy atom. The number of rotatable bonds is 5. The number of methoxy groups -OCH3 is 2. The average Bonchev–Trinajstić information content (AvgIpc) is 3.13. The Morgan fingerprint density at radius 3 is 2.50 bits per heavy atom. The van der Waals surface area contributed by atoms with Gasteiger partial charge in [0.15, 0.2) is 0 Å². The van der Waals surface area contributed by atoms with Gasteiger partial charge in [-0.2, -0.15) is 0 Å². The average molecular weight is 253 g/mol. The van der Waals surface area contributed by atoms with Crippen LogP contribution in [0.2, 0.25) is 0 Å². The molecule has 4 heteroatoms. The highest BCUT2D eigenvalue weighted by molar-refractivity contribution is 5.48. The van der Waals surface area contributed by atoms with Crippen LogP contribution >= 0.6 is 0 Å². The molecule has 3 nitrogen and oxygen atoms in total. The number of hydrogen-bond acceptors (Lipinski definition) is 3. The van der Waals surface area contributed by atoms with E-state index in [1.807, 2.05) is 6.92 Å². The van der Waals surface area contributed by atoms with E-state index in [2.05, 4.69) is 0 Å². The second kappa shape index (κ2) is 4.86. The third-order valence-electron chi connectivity index (χ3n) is 3.86. The van der Waals surface area contributed by atoms with Crippen LogP contribution in [0, 0.1) is 5.82 Å². The number of nitrogens with two attached hydrogens (primary N) is 1. The Morgan fingerprint density at radius 1 is 1.39 bits per heavy atom. The van der Waals surface area contributed by atoms with E-state index in [4.69, 9.17) is 15.2 Å². The molecule has 0 amide bonds. The molecule has 2 rings (SSSR count). The molecule has 1 aliphatic rings. The van der Waals surface area contributed by atoms with E-state index in [0.29, 0.717) is 16.9 Å². The fourth-order valence-corrected chi connectivity index (χ4v) is 2.57. The van der Waals surface area contributed by atoms with Gasteiger partial charge in [-0.25, -0.2) is 4.39 Å². The Balaban J connectivity index is 2.53. The van der Waals surface area contributed by atoms with Crippen LogP contribution in [0.4, 0.5) is 4.39 Å². The molecule has 1 atom stereocenters. The van der Waals surface area contributed by atoms with Gasteiger partial charge in [-0.3, -0.25) is 0 Å². The Hall–Kier alpha value is -1.13. The molecule has 100 valence electrons. The highest BCUT2D eigenvalue weighted by atomic mass is 19.1. The smallest absolute Gasteiger partial charge is 0.136 e. The van der Waals surface area contributed by atoms with Gasteiger partial charge in [0.1, 0.15) is 11.6 Å². The summed E-state index contributed by atoms with van der Waals surface area (Å²) in [5, 5.41) is 0. The van der Waals surface area contributed by atoms with Crippen LogP contribution in [0.15, 0.2) is 12.1 Å². The van der Waals surface area contributed by atoms with Crippen LogP contribution in [0.25, 0.3) is 0 Å². The molecule has 0 heterocycles. The van der Waals surface area contributed by atoms with Crippen LogP contribution in [0.1, 0.15) is 30.9 Å². The lowest BCUT2D eigenvalue weighted by Gasteiger charge is -2.24. The van der Waals surface area contributed by atoms with E-state index >= 15 is 0 Å². The van der Waals surface area contributed by atoms with Crippen molar-refractivity contribution in [2.75, 3.05) is 14.2 Å². The van der Waals surface area contributed by atoms with Crippen molar-refractivity contribution in [3.8, 4) is 5.75 Å². The number of ether oxygens (including phenoxy) is 2. The molecule has 2 N–H and O–H groups in total. The Bertz CT molecular complexity index is 442. The first-order valence-electron chi connectivity index (χ1n) is 6.17. The van der Waals surface area contributed by atoms with E-state index < -0.39 is 0 Å². The first-order valence-corrected chi connectivity index (χ1v) is 6.17. The predicted octanol–water partition coefficient (Wildman–Crippen LogP) is 2.36. The monoisotopic (exact) mass is 253 g/mol. The largest absolute Gasteiger partial charge is 0.496 e. The third kappa shape index (κ3) is 1.99. The first-order chi connectivity index (χ1) is 8.56. The maximum atomic E-state index is 14.6. The second-order valence-corrected chi connectivity index (χ2v) is 4.99. The van der Waals surface area contributed by atoms with E-state index in [1.165, 1.54) is 0 Å². The molecule has 1 aliphatic carbocycles. The molecule has 1 saturated carbocycles. The minimum Gasteiger partial charge on any atom is -0.496 e. The lowest BCUT2D eigenvalue weighted by atomic mass is 9.87. The number of halogens is 1. The van der Waals surface area contributed by atoms with Crippen LogP contribution in [0.5, 0.6) is 5.75 Å². The van der Waals surface area contributed by atoms with E-state index in [0.717, 1.165) is 12.8 Å². The Kier molecular flexibility index (Phi) is 3.59. The summed E-state index contributed by atoms with van der Waals surface area (Å²) in [6.45, 7) is 2.19. The van der Waals surface area contributed by atoms with Gasteiger partial charge in [0.05, 0.1) is 13.7 Å². The van der Waals surface area contributed by atoms with Crippen molar-refractivity contribution in [2.24, 2.45) is 5.73 Å². The summed E-state index contributed by atoms with van der Waals surface area (Å²) in [6, 6.07) is 3.42. The van der Waals surface area contributed by atoms with Crippen LogP contribution in [-0.4, -0.2) is 20.3 Å². The van der Waals surface area contributed by atoms with Crippen molar-refractivity contribution in [1.29, 1.82) is 0 Å². The second-order valence-electron chi connectivity index (χ2n) is 4.99. The van der Waals surface area contributed by atoms with Crippen molar-refractivity contribution in [2.45, 2.75) is 37.8 Å². The maximum absolute atomic E-state index is 14.6. The highest BCUT2D eigenvalue weighted by Gasteiger charge is 2.51. The van der Waals surface area contributed by atoms with E-state index in [-0.39, 0.29) is 23.9 Å². The fraction of sp³-hybridized carbons (Fsp3) is 0.571. The summed E-state index contributed by atoms with van der Waals surface area (Å²) in [6.07, 6.45) is 1.82. The Labute approximate surface area is 107 Å². The molecule has 0 bridgehead atoms. The lowest BCUT2D eigenvalue weighted by molar-refractivity contribution is 0.181. The molecule has 1 aromatic rings. The van der Waals surface area contributed by atoms with Gasteiger partial charge in [-0.15, -0.1) is 0 Å². The van der Waals surface area contributed by atoms with Crippen molar-refractivity contribution >= 4 is 0 Å². The summed E-state index contributed by atoms with van der Waals surface area (Å²) in [7, 11) is 3.12. The molecule has 1 fully saturated rings. The predicted molar refractivity (Wildman–Crippen MR) is 68.2 cm³/mol. The zero-order valence-electron chi connectivity index (χ0n) is 11.1. The summed E-state index contributed by atoms with van der Waals surface area (Å²) < 4.78 is 24.9. The maximum Gasteiger partial charge on any atom is 0.136 e. The lowest BCUT2D eigenvalue weighted by Crippen LogP contribution is -2.33. The third-order valence-corrected chi connectivity index (χ3v) is 3.86. The molecular weight excluding hydrogens is 233 g/mol. The number of hydrogen-bond donors (Lipinski definition) is 1. The van der Waals surface area contributed by atoms with E-state index in [9.17, 15) is 4.39 Å². The highest BCUT2D eigenvalue weighted by Crippen LogP contribution is 2.54. The number of benzene rings is 1. The van der Waals surface area contributed by atoms with Crippen molar-refractivity contribution in [1.82, 2.24) is 0 Å². The topological polar surface area (TPSA) is 44.5 Å². The van der Waals surface area contributed by atoms with Gasteiger partial charge >= 0.3 is 0 Å². The quantitative estimate of drug-likeness (QED) is 0.876. The molecule has 0 spiro atoms.